The molecule has 4 rings (SSSR count). The van der Waals surface area contributed by atoms with Crippen molar-refractivity contribution in [1.29, 1.82) is 0 Å². The lowest BCUT2D eigenvalue weighted by Crippen LogP contribution is -2.43. The third-order valence-corrected chi connectivity index (χ3v) is 5.49. The van der Waals surface area contributed by atoms with Crippen LogP contribution in [0, 0.1) is 5.92 Å². The number of benzene rings is 2. The Bertz CT molecular complexity index is 828. The number of unbranched alkanes of at least 4 members (excludes halogenated alkanes) is 1. The maximum absolute atomic E-state index is 5.79. The lowest BCUT2D eigenvalue weighted by atomic mass is 9.75. The van der Waals surface area contributed by atoms with Gasteiger partial charge < -0.3 is 10.1 Å². The number of hydrogen-bond donors (Lipinski definition) is 1. The van der Waals surface area contributed by atoms with E-state index >= 15 is 0 Å². The highest BCUT2D eigenvalue weighted by Crippen LogP contribution is 2.37. The number of fused-ring (bicyclic) bond motifs is 3. The molecule has 2 aliphatic rings. The molecule has 134 valence electrons. The quantitative estimate of drug-likeness (QED) is 0.608. The van der Waals surface area contributed by atoms with Crippen LogP contribution in [0.4, 0.5) is 0 Å². The average molecular weight is 365 g/mol. The van der Waals surface area contributed by atoms with Gasteiger partial charge in [-0.25, -0.2) is 4.99 Å². The van der Waals surface area contributed by atoms with Gasteiger partial charge >= 0.3 is 0 Å². The van der Waals surface area contributed by atoms with E-state index in [-0.39, 0.29) is 6.04 Å². The molecule has 0 saturated heterocycles. The Morgan fingerprint density at radius 1 is 1.15 bits per heavy atom. The first-order valence-corrected chi connectivity index (χ1v) is 9.87. The number of aryl methyl sites for hydroxylation is 1. The number of nitrogens with one attached hydrogen (secondary N) is 1. The number of aliphatic imine (C=N–C) groups is 1. The monoisotopic (exact) mass is 364 g/mol. The predicted molar refractivity (Wildman–Crippen MR) is 110 cm³/mol. The molecule has 0 aromatic heterocycles. The van der Waals surface area contributed by atoms with Crippen LogP contribution in [0.25, 0.3) is 0 Å². The maximum atomic E-state index is 5.79. The van der Waals surface area contributed by atoms with Crippen molar-refractivity contribution >= 4 is 23.0 Å². The zero-order valence-corrected chi connectivity index (χ0v) is 15.9. The van der Waals surface area contributed by atoms with Crippen molar-refractivity contribution in [2.24, 2.45) is 10.9 Å². The van der Waals surface area contributed by atoms with Gasteiger partial charge in [-0.05, 0) is 60.3 Å². The lowest BCUT2D eigenvalue weighted by molar-refractivity contribution is 0.309. The maximum Gasteiger partial charge on any atom is 0.193 e. The van der Waals surface area contributed by atoms with Crippen LogP contribution in [0.3, 0.4) is 0 Å². The van der Waals surface area contributed by atoms with E-state index in [2.05, 4.69) is 60.8 Å². The third kappa shape index (κ3) is 3.38. The van der Waals surface area contributed by atoms with E-state index in [1.54, 1.807) is 0 Å². The van der Waals surface area contributed by atoms with Crippen molar-refractivity contribution in [2.45, 2.75) is 38.6 Å². The van der Waals surface area contributed by atoms with Crippen molar-refractivity contribution in [2.75, 3.05) is 6.61 Å². The van der Waals surface area contributed by atoms with Crippen LogP contribution in [0.15, 0.2) is 53.5 Å². The van der Waals surface area contributed by atoms with Crippen molar-refractivity contribution in [3.8, 4) is 5.75 Å². The van der Waals surface area contributed by atoms with Crippen molar-refractivity contribution < 1.29 is 4.74 Å². The predicted octanol–water partition coefficient (Wildman–Crippen LogP) is 4.85. The Balaban J connectivity index is 1.58. The zero-order chi connectivity index (χ0) is 17.9. The lowest BCUT2D eigenvalue weighted by Gasteiger charge is -2.37. The molecule has 2 aromatic carbocycles. The summed E-state index contributed by atoms with van der Waals surface area (Å²) in [5, 5.41) is 4.02. The molecular formula is C22H24N2OS. The third-order valence-electron chi connectivity index (χ3n) is 5.28. The molecule has 26 heavy (non-hydrogen) atoms. The summed E-state index contributed by atoms with van der Waals surface area (Å²) in [4.78, 5) is 4.70. The molecule has 2 aromatic rings. The summed E-state index contributed by atoms with van der Waals surface area (Å²) in [6.07, 6.45) is 4.40. The van der Waals surface area contributed by atoms with Gasteiger partial charge in [-0.2, -0.15) is 0 Å². The Morgan fingerprint density at radius 3 is 2.77 bits per heavy atom. The molecule has 1 aliphatic carbocycles. The normalized spacial score (nSPS) is 21.3. The summed E-state index contributed by atoms with van der Waals surface area (Å²) >= 11 is 5.45. The van der Waals surface area contributed by atoms with E-state index in [4.69, 9.17) is 21.9 Å². The number of nitrogens with zero attached hydrogens (tertiary/aromatic N) is 1. The fourth-order valence-corrected chi connectivity index (χ4v) is 4.13. The minimum absolute atomic E-state index is 0.174. The van der Waals surface area contributed by atoms with Gasteiger partial charge in [0.1, 0.15) is 5.75 Å². The number of rotatable bonds is 5. The first-order chi connectivity index (χ1) is 12.8. The Hall–Kier alpha value is -2.20. The first-order valence-electron chi connectivity index (χ1n) is 9.46. The van der Waals surface area contributed by atoms with Gasteiger partial charge in [0.25, 0.3) is 0 Å². The summed E-state index contributed by atoms with van der Waals surface area (Å²) in [6, 6.07) is 17.2. The average Bonchev–Trinajstić information content (AvgIpc) is 2.68. The molecule has 0 amide bonds. The van der Waals surface area contributed by atoms with Crippen LogP contribution in [0.5, 0.6) is 5.75 Å². The van der Waals surface area contributed by atoms with E-state index in [1.165, 1.54) is 16.7 Å². The van der Waals surface area contributed by atoms with Gasteiger partial charge in [-0.3, -0.25) is 0 Å². The minimum Gasteiger partial charge on any atom is -0.494 e. The molecular weight excluding hydrogens is 340 g/mol. The van der Waals surface area contributed by atoms with Gasteiger partial charge in [0, 0.05) is 5.92 Å². The van der Waals surface area contributed by atoms with Gasteiger partial charge in [-0.15, -0.1) is 0 Å². The molecule has 1 N–H and O–H groups in total. The largest absolute Gasteiger partial charge is 0.494 e. The second-order valence-electron chi connectivity index (χ2n) is 7.00. The summed E-state index contributed by atoms with van der Waals surface area (Å²) in [6.45, 7) is 2.95. The smallest absolute Gasteiger partial charge is 0.193 e. The zero-order valence-electron chi connectivity index (χ0n) is 15.1. The van der Waals surface area contributed by atoms with Crippen LogP contribution in [0.1, 0.15) is 48.9 Å². The summed E-state index contributed by atoms with van der Waals surface area (Å²) in [5.74, 6) is 1.28. The molecule has 0 spiro atoms. The summed E-state index contributed by atoms with van der Waals surface area (Å²) in [7, 11) is 0. The standard InChI is InChI=1S/C22H24N2OS/c1-2-3-14-25-17-11-8-16(9-12-17)20-19-13-10-15-6-4-5-7-18(15)21(19)24-22(26)23-20/h4-9,11-12,19-20H,2-3,10,13-14H2,1H3,(H,23,26). The Labute approximate surface area is 160 Å². The van der Waals surface area contributed by atoms with E-state index < -0.39 is 0 Å². The second-order valence-corrected chi connectivity index (χ2v) is 7.38. The van der Waals surface area contributed by atoms with Crippen LogP contribution in [0.2, 0.25) is 0 Å². The Kier molecular flexibility index (Phi) is 5.02. The van der Waals surface area contributed by atoms with E-state index in [0.717, 1.165) is 43.8 Å². The second kappa shape index (κ2) is 7.58. The Morgan fingerprint density at radius 2 is 1.96 bits per heavy atom. The van der Waals surface area contributed by atoms with Crippen molar-refractivity contribution in [3.05, 3.63) is 65.2 Å². The number of hydrogen-bond acceptors (Lipinski definition) is 2. The molecule has 3 nitrogen and oxygen atoms in total. The highest BCUT2D eigenvalue weighted by atomic mass is 32.1. The van der Waals surface area contributed by atoms with Crippen molar-refractivity contribution in [3.63, 3.8) is 0 Å². The van der Waals surface area contributed by atoms with E-state index in [9.17, 15) is 0 Å². The topological polar surface area (TPSA) is 33.6 Å². The summed E-state index contributed by atoms with van der Waals surface area (Å²) < 4.78 is 5.79. The highest BCUT2D eigenvalue weighted by molar-refractivity contribution is 7.80. The van der Waals surface area contributed by atoms with Gasteiger partial charge in [0.15, 0.2) is 5.11 Å². The van der Waals surface area contributed by atoms with Crippen LogP contribution in [-0.4, -0.2) is 17.4 Å². The van der Waals surface area contributed by atoms with Crippen LogP contribution in [-0.2, 0) is 6.42 Å². The molecule has 2 atom stereocenters. The summed E-state index contributed by atoms with van der Waals surface area (Å²) in [5.41, 5.74) is 5.03. The van der Waals surface area contributed by atoms with Gasteiger partial charge in [0.05, 0.1) is 18.4 Å². The fourth-order valence-electron chi connectivity index (χ4n) is 3.90. The molecule has 2 unspecified atom stereocenters. The molecule has 0 bridgehead atoms. The van der Waals surface area contributed by atoms with Gasteiger partial charge in [0.2, 0.25) is 0 Å². The van der Waals surface area contributed by atoms with Crippen LogP contribution >= 0.6 is 12.2 Å². The van der Waals surface area contributed by atoms with Gasteiger partial charge in [-0.1, -0.05) is 49.7 Å². The van der Waals surface area contributed by atoms with Crippen molar-refractivity contribution in [1.82, 2.24) is 5.32 Å². The first kappa shape index (κ1) is 17.2. The molecule has 4 heteroatoms. The molecule has 1 aliphatic heterocycles. The molecule has 1 heterocycles. The highest BCUT2D eigenvalue weighted by Gasteiger charge is 2.36. The van der Waals surface area contributed by atoms with Crippen LogP contribution < -0.4 is 10.1 Å². The number of ether oxygens (including phenoxy) is 1. The molecule has 0 fully saturated rings. The van der Waals surface area contributed by atoms with E-state index in [1.807, 2.05) is 0 Å². The molecule has 0 radical (unpaired) electrons. The SMILES string of the molecule is CCCCOc1ccc(C2NC(=S)N=C3c4ccccc4CCC32)cc1. The molecule has 0 saturated carbocycles. The minimum atomic E-state index is 0.174. The fraction of sp³-hybridized carbons (Fsp3) is 0.364. The van der Waals surface area contributed by atoms with E-state index in [0.29, 0.717) is 11.0 Å². The number of thiocarbonyl (C=S) groups is 1.